The van der Waals surface area contributed by atoms with E-state index in [1.165, 1.54) is 6.26 Å². The van der Waals surface area contributed by atoms with Gasteiger partial charge in [-0.1, -0.05) is 0 Å². The molecular weight excluding hydrogens is 332 g/mol. The van der Waals surface area contributed by atoms with E-state index in [2.05, 4.69) is 5.32 Å². The van der Waals surface area contributed by atoms with Gasteiger partial charge in [0.2, 0.25) is 5.91 Å². The second-order valence-corrected chi connectivity index (χ2v) is 8.46. The van der Waals surface area contributed by atoms with Crippen LogP contribution in [0.1, 0.15) is 46.5 Å². The Hall–Kier alpha value is -1.15. The second kappa shape index (κ2) is 8.80. The van der Waals surface area contributed by atoms with E-state index in [-0.39, 0.29) is 24.0 Å². The molecule has 0 heterocycles. The number of nitrogens with zero attached hydrogens (tertiary/aromatic N) is 1. The van der Waals surface area contributed by atoms with E-state index < -0.39 is 22.8 Å². The molecule has 0 aromatic carbocycles. The van der Waals surface area contributed by atoms with Gasteiger partial charge >= 0.3 is 6.09 Å². The van der Waals surface area contributed by atoms with Crippen LogP contribution in [0.5, 0.6) is 0 Å². The van der Waals surface area contributed by atoms with E-state index in [4.69, 9.17) is 8.92 Å². The van der Waals surface area contributed by atoms with Crippen molar-refractivity contribution in [1.29, 1.82) is 0 Å². The third-order valence-electron chi connectivity index (χ3n) is 3.82. The molecule has 0 bridgehead atoms. The summed E-state index contributed by atoms with van der Waals surface area (Å²) in [6.07, 6.45) is 3.07. The van der Waals surface area contributed by atoms with E-state index in [0.717, 1.165) is 6.42 Å². The molecule has 0 aliphatic heterocycles. The van der Waals surface area contributed by atoms with Gasteiger partial charge in [-0.3, -0.25) is 8.98 Å². The van der Waals surface area contributed by atoms with Crippen LogP contribution in [0.2, 0.25) is 0 Å². The Morgan fingerprint density at radius 2 is 1.88 bits per heavy atom. The Bertz CT molecular complexity index is 476. The van der Waals surface area contributed by atoms with Crippen LogP contribution in [0, 0.1) is 5.92 Å². The van der Waals surface area contributed by atoms with Crippen LogP contribution < -0.4 is 5.32 Å². The molecule has 1 aliphatic rings. The van der Waals surface area contributed by atoms with Gasteiger partial charge in [-0.05, 0) is 46.0 Å². The lowest BCUT2D eigenvalue weighted by atomic mass is 9.82. The topological polar surface area (TPSA) is 84.9 Å². The van der Waals surface area contributed by atoms with E-state index in [1.54, 1.807) is 39.8 Å². The van der Waals surface area contributed by atoms with Crippen LogP contribution in [0.4, 0.5) is 4.79 Å². The molecule has 1 aliphatic carbocycles. The lowest BCUT2D eigenvalue weighted by Gasteiger charge is -2.36. The Morgan fingerprint density at radius 3 is 2.38 bits per heavy atom. The molecule has 8 heteroatoms. The molecule has 7 nitrogen and oxygen atoms in total. The maximum Gasteiger partial charge on any atom is 0.407 e. The minimum absolute atomic E-state index is 0.0643. The minimum atomic E-state index is -1.41. The first-order valence-corrected chi connectivity index (χ1v) is 9.66. The SMILES string of the molecule is CN(C)C(=O)C[C@H]1CC[C@@H](OS(C)=O)[C@H](NC(=O)OC(C)(C)C)C1. The van der Waals surface area contributed by atoms with Gasteiger partial charge in [0.05, 0.1) is 12.1 Å². The van der Waals surface area contributed by atoms with Crippen molar-refractivity contribution < 1.29 is 22.7 Å². The smallest absolute Gasteiger partial charge is 0.407 e. The van der Waals surface area contributed by atoms with Crippen molar-refractivity contribution in [2.24, 2.45) is 5.92 Å². The molecule has 0 radical (unpaired) electrons. The largest absolute Gasteiger partial charge is 0.444 e. The molecule has 0 spiro atoms. The Morgan fingerprint density at radius 1 is 1.25 bits per heavy atom. The van der Waals surface area contributed by atoms with Crippen molar-refractivity contribution >= 4 is 23.1 Å². The van der Waals surface area contributed by atoms with Crippen LogP contribution >= 0.6 is 0 Å². The zero-order chi connectivity index (χ0) is 18.5. The van der Waals surface area contributed by atoms with Crippen molar-refractivity contribution in [2.75, 3.05) is 20.4 Å². The highest BCUT2D eigenvalue weighted by molar-refractivity contribution is 7.79. The number of rotatable bonds is 5. The highest BCUT2D eigenvalue weighted by Crippen LogP contribution is 2.30. The lowest BCUT2D eigenvalue weighted by Crippen LogP contribution is -2.50. The van der Waals surface area contributed by atoms with Gasteiger partial charge < -0.3 is 15.0 Å². The lowest BCUT2D eigenvalue weighted by molar-refractivity contribution is -0.130. The summed E-state index contributed by atoms with van der Waals surface area (Å²) in [4.78, 5) is 25.5. The molecule has 0 aromatic rings. The van der Waals surface area contributed by atoms with E-state index in [1.807, 2.05) is 0 Å². The third-order valence-corrected chi connectivity index (χ3v) is 4.34. The van der Waals surface area contributed by atoms with Crippen LogP contribution in [0.25, 0.3) is 0 Å². The quantitative estimate of drug-likeness (QED) is 0.806. The molecule has 1 fully saturated rings. The molecule has 1 N–H and O–H groups in total. The predicted molar refractivity (Wildman–Crippen MR) is 92.7 cm³/mol. The van der Waals surface area contributed by atoms with Gasteiger partial charge in [0.25, 0.3) is 0 Å². The van der Waals surface area contributed by atoms with E-state index in [0.29, 0.717) is 19.3 Å². The number of nitrogens with one attached hydrogen (secondary N) is 1. The average Bonchev–Trinajstić information content (AvgIpc) is 2.38. The van der Waals surface area contributed by atoms with Crippen LogP contribution in [0.15, 0.2) is 0 Å². The van der Waals surface area contributed by atoms with Crippen LogP contribution in [-0.2, 0) is 24.8 Å². The minimum Gasteiger partial charge on any atom is -0.444 e. The predicted octanol–water partition coefficient (Wildman–Crippen LogP) is 1.84. The van der Waals surface area contributed by atoms with E-state index in [9.17, 15) is 13.8 Å². The van der Waals surface area contributed by atoms with Crippen molar-refractivity contribution in [2.45, 2.75) is 64.2 Å². The fourth-order valence-electron chi connectivity index (χ4n) is 2.74. The molecular formula is C16H30N2O5S. The summed E-state index contributed by atoms with van der Waals surface area (Å²) in [5, 5.41) is 2.82. The molecule has 1 rings (SSSR count). The Labute approximate surface area is 147 Å². The number of alkyl carbamates (subject to hydrolysis) is 1. The highest BCUT2D eigenvalue weighted by Gasteiger charge is 2.35. The maximum absolute atomic E-state index is 12.1. The normalized spacial score (nSPS) is 25.7. The van der Waals surface area contributed by atoms with Crippen molar-refractivity contribution in [3.8, 4) is 0 Å². The zero-order valence-electron chi connectivity index (χ0n) is 15.5. The molecule has 0 aromatic heterocycles. The fraction of sp³-hybridized carbons (Fsp3) is 0.875. The summed E-state index contributed by atoms with van der Waals surface area (Å²) in [6, 6.07) is -0.322. The first-order valence-electron chi connectivity index (χ1n) is 8.18. The molecule has 4 atom stereocenters. The number of ether oxygens (including phenoxy) is 1. The van der Waals surface area contributed by atoms with Gasteiger partial charge in [0.15, 0.2) is 11.1 Å². The van der Waals surface area contributed by atoms with Crippen molar-refractivity contribution in [1.82, 2.24) is 10.2 Å². The number of amides is 2. The first-order chi connectivity index (χ1) is 11.0. The molecule has 1 saturated carbocycles. The summed E-state index contributed by atoms with van der Waals surface area (Å²) in [6.45, 7) is 5.38. The first kappa shape index (κ1) is 20.9. The molecule has 1 unspecified atom stereocenters. The van der Waals surface area contributed by atoms with Crippen molar-refractivity contribution in [3.63, 3.8) is 0 Å². The Kier molecular flexibility index (Phi) is 7.66. The Balaban J connectivity index is 2.72. The van der Waals surface area contributed by atoms with Gasteiger partial charge in [0, 0.05) is 26.8 Å². The summed E-state index contributed by atoms with van der Waals surface area (Å²) < 4.78 is 22.1. The monoisotopic (exact) mass is 362 g/mol. The van der Waals surface area contributed by atoms with E-state index >= 15 is 0 Å². The summed E-state index contributed by atoms with van der Waals surface area (Å²) in [5.74, 6) is 0.222. The van der Waals surface area contributed by atoms with Gasteiger partial charge in [0.1, 0.15) is 5.60 Å². The van der Waals surface area contributed by atoms with Gasteiger partial charge in [-0.2, -0.15) is 0 Å². The molecule has 2 amide bonds. The number of hydrogen-bond acceptors (Lipinski definition) is 5. The standard InChI is InChI=1S/C16H30N2O5S/c1-16(2,3)22-15(20)17-12-9-11(10-14(19)18(4)5)7-8-13(12)23-24(6)21/h11-13H,7-10H2,1-6H3,(H,17,20)/t11-,12+,13+,24?/m0/s1. The molecule has 140 valence electrons. The molecule has 24 heavy (non-hydrogen) atoms. The van der Waals surface area contributed by atoms with Gasteiger partial charge in [-0.15, -0.1) is 0 Å². The van der Waals surface area contributed by atoms with Crippen LogP contribution in [0.3, 0.4) is 0 Å². The highest BCUT2D eigenvalue weighted by atomic mass is 32.2. The zero-order valence-corrected chi connectivity index (χ0v) is 16.3. The summed E-state index contributed by atoms with van der Waals surface area (Å²) in [5.41, 5.74) is -0.594. The molecule has 0 saturated heterocycles. The second-order valence-electron chi connectivity index (χ2n) is 7.46. The fourth-order valence-corrected chi connectivity index (χ4v) is 3.32. The van der Waals surface area contributed by atoms with Gasteiger partial charge in [-0.25, -0.2) is 9.00 Å². The number of hydrogen-bond donors (Lipinski definition) is 1. The number of carbonyl (C=O) groups is 2. The third kappa shape index (κ3) is 7.61. The summed E-state index contributed by atoms with van der Waals surface area (Å²) >= 11 is -1.41. The summed E-state index contributed by atoms with van der Waals surface area (Å²) in [7, 11) is 3.46. The van der Waals surface area contributed by atoms with Crippen molar-refractivity contribution in [3.05, 3.63) is 0 Å². The van der Waals surface area contributed by atoms with Crippen LogP contribution in [-0.4, -0.2) is 59.2 Å². The average molecular weight is 362 g/mol. The number of carbonyl (C=O) groups excluding carboxylic acids is 2. The maximum atomic E-state index is 12.1.